The minimum Gasteiger partial charge on any atom is -0.370 e. The molecule has 0 bridgehead atoms. The van der Waals surface area contributed by atoms with E-state index in [1.165, 1.54) is 10.1 Å². The number of aromatic nitrogens is 2. The third-order valence-electron chi connectivity index (χ3n) is 4.46. The molecule has 1 fully saturated rings. The Labute approximate surface area is 150 Å². The fourth-order valence-corrected chi connectivity index (χ4v) is 4.10. The van der Waals surface area contributed by atoms with Crippen LogP contribution in [-0.4, -0.2) is 40.4 Å². The number of hydrogen-bond acceptors (Lipinski definition) is 5. The molecule has 1 saturated heterocycles. The standard InChI is InChI=1S/C19H20N4OS/c24-18-7-3-11-23(18)12-4-9-20-17-8-10-21-19(22-17)15-13-25-16-6-2-1-5-14(15)16/h1-2,5-6,8,10,13H,3-4,7,9,11-12H2,(H,20,21,22). The molecule has 1 aliphatic heterocycles. The molecular weight excluding hydrogens is 332 g/mol. The predicted octanol–water partition coefficient (Wildman–Crippen LogP) is 3.78. The summed E-state index contributed by atoms with van der Waals surface area (Å²) in [5.41, 5.74) is 1.08. The maximum Gasteiger partial charge on any atom is 0.222 e. The molecule has 4 rings (SSSR count). The smallest absolute Gasteiger partial charge is 0.222 e. The van der Waals surface area contributed by atoms with Crippen LogP contribution >= 0.6 is 11.3 Å². The lowest BCUT2D eigenvalue weighted by Gasteiger charge is -2.15. The summed E-state index contributed by atoms with van der Waals surface area (Å²) in [6.07, 6.45) is 4.42. The first-order chi connectivity index (χ1) is 12.3. The molecule has 0 radical (unpaired) electrons. The SMILES string of the molecule is O=C1CCCN1CCCNc1ccnc(-c2csc3ccccc23)n1. The van der Waals surface area contributed by atoms with Gasteiger partial charge in [0.05, 0.1) is 0 Å². The molecule has 1 aliphatic rings. The molecule has 3 heterocycles. The number of hydrogen-bond donors (Lipinski definition) is 1. The van der Waals surface area contributed by atoms with E-state index in [4.69, 9.17) is 0 Å². The Morgan fingerprint density at radius 1 is 1.24 bits per heavy atom. The third-order valence-corrected chi connectivity index (χ3v) is 5.42. The molecule has 6 heteroatoms. The molecule has 2 aromatic heterocycles. The largest absolute Gasteiger partial charge is 0.370 e. The van der Waals surface area contributed by atoms with Crippen molar-refractivity contribution >= 4 is 33.1 Å². The molecule has 0 atom stereocenters. The van der Waals surface area contributed by atoms with E-state index in [1.54, 1.807) is 17.5 Å². The minimum absolute atomic E-state index is 0.286. The Morgan fingerprint density at radius 3 is 3.04 bits per heavy atom. The van der Waals surface area contributed by atoms with Gasteiger partial charge in [-0.1, -0.05) is 18.2 Å². The number of fused-ring (bicyclic) bond motifs is 1. The molecule has 128 valence electrons. The Kier molecular flexibility index (Phi) is 4.61. The number of anilines is 1. The Balaban J connectivity index is 1.40. The highest BCUT2D eigenvalue weighted by Crippen LogP contribution is 2.32. The van der Waals surface area contributed by atoms with Crippen molar-refractivity contribution in [3.8, 4) is 11.4 Å². The van der Waals surface area contributed by atoms with E-state index in [2.05, 4.69) is 32.8 Å². The van der Waals surface area contributed by atoms with Crippen molar-refractivity contribution in [2.75, 3.05) is 25.0 Å². The fraction of sp³-hybridized carbons (Fsp3) is 0.316. The van der Waals surface area contributed by atoms with Crippen LogP contribution in [0.4, 0.5) is 5.82 Å². The van der Waals surface area contributed by atoms with Crippen molar-refractivity contribution in [2.45, 2.75) is 19.3 Å². The summed E-state index contributed by atoms with van der Waals surface area (Å²) in [4.78, 5) is 22.6. The number of carbonyl (C=O) groups excluding carboxylic acids is 1. The second-order valence-corrected chi connectivity index (χ2v) is 7.09. The van der Waals surface area contributed by atoms with Crippen molar-refractivity contribution in [2.24, 2.45) is 0 Å². The summed E-state index contributed by atoms with van der Waals surface area (Å²) in [6.45, 7) is 2.52. The number of nitrogens with one attached hydrogen (secondary N) is 1. The van der Waals surface area contributed by atoms with Crippen LogP contribution in [0, 0.1) is 0 Å². The van der Waals surface area contributed by atoms with Gasteiger partial charge in [0.2, 0.25) is 5.91 Å². The summed E-state index contributed by atoms with van der Waals surface area (Å²) < 4.78 is 1.25. The van der Waals surface area contributed by atoms with Crippen LogP contribution in [-0.2, 0) is 4.79 Å². The predicted molar refractivity (Wildman–Crippen MR) is 102 cm³/mol. The van der Waals surface area contributed by atoms with Crippen LogP contribution in [0.2, 0.25) is 0 Å². The summed E-state index contributed by atoms with van der Waals surface area (Å²) in [6, 6.07) is 10.2. The highest BCUT2D eigenvalue weighted by atomic mass is 32.1. The molecule has 1 amide bonds. The van der Waals surface area contributed by atoms with Gasteiger partial charge in [0.15, 0.2) is 5.82 Å². The number of likely N-dealkylation sites (tertiary alicyclic amines) is 1. The zero-order valence-corrected chi connectivity index (χ0v) is 14.8. The number of rotatable bonds is 6. The zero-order valence-electron chi connectivity index (χ0n) is 13.9. The van der Waals surface area contributed by atoms with Crippen molar-refractivity contribution in [3.05, 3.63) is 41.9 Å². The summed E-state index contributed by atoms with van der Waals surface area (Å²) in [7, 11) is 0. The van der Waals surface area contributed by atoms with E-state index in [9.17, 15) is 4.79 Å². The van der Waals surface area contributed by atoms with Crippen LogP contribution < -0.4 is 5.32 Å². The lowest BCUT2D eigenvalue weighted by Crippen LogP contribution is -2.27. The van der Waals surface area contributed by atoms with Crippen LogP contribution in [0.3, 0.4) is 0 Å². The first-order valence-corrected chi connectivity index (χ1v) is 9.50. The fourth-order valence-electron chi connectivity index (χ4n) is 3.16. The van der Waals surface area contributed by atoms with Gasteiger partial charge in [-0.05, 0) is 25.0 Å². The van der Waals surface area contributed by atoms with E-state index in [-0.39, 0.29) is 5.91 Å². The minimum atomic E-state index is 0.286. The maximum absolute atomic E-state index is 11.6. The van der Waals surface area contributed by atoms with Gasteiger partial charge >= 0.3 is 0 Å². The van der Waals surface area contributed by atoms with E-state index in [0.29, 0.717) is 6.42 Å². The second kappa shape index (κ2) is 7.19. The second-order valence-electron chi connectivity index (χ2n) is 6.18. The van der Waals surface area contributed by atoms with Gasteiger partial charge < -0.3 is 10.2 Å². The quantitative estimate of drug-likeness (QED) is 0.686. The van der Waals surface area contributed by atoms with Crippen LogP contribution in [0.5, 0.6) is 0 Å². The topological polar surface area (TPSA) is 58.1 Å². The molecular formula is C19H20N4OS. The van der Waals surface area contributed by atoms with Crippen molar-refractivity contribution in [1.82, 2.24) is 14.9 Å². The van der Waals surface area contributed by atoms with E-state index in [1.807, 2.05) is 23.1 Å². The molecule has 3 aromatic rings. The van der Waals surface area contributed by atoms with E-state index in [0.717, 1.165) is 49.7 Å². The van der Waals surface area contributed by atoms with E-state index >= 15 is 0 Å². The lowest BCUT2D eigenvalue weighted by molar-refractivity contribution is -0.127. The van der Waals surface area contributed by atoms with Gasteiger partial charge in [0.25, 0.3) is 0 Å². The maximum atomic E-state index is 11.6. The summed E-state index contributed by atoms with van der Waals surface area (Å²) >= 11 is 1.71. The first kappa shape index (κ1) is 16.0. The number of amides is 1. The summed E-state index contributed by atoms with van der Waals surface area (Å²) in [5, 5.41) is 6.65. The number of thiophene rings is 1. The van der Waals surface area contributed by atoms with Gasteiger partial charge in [-0.15, -0.1) is 11.3 Å². The molecule has 25 heavy (non-hydrogen) atoms. The third kappa shape index (κ3) is 3.49. The number of nitrogens with zero attached hydrogens (tertiary/aromatic N) is 3. The van der Waals surface area contributed by atoms with Gasteiger partial charge in [-0.3, -0.25) is 4.79 Å². The molecule has 0 spiro atoms. The van der Waals surface area contributed by atoms with E-state index < -0.39 is 0 Å². The Bertz CT molecular complexity index is 892. The highest BCUT2D eigenvalue weighted by molar-refractivity contribution is 7.17. The molecule has 0 unspecified atom stereocenters. The molecule has 0 aliphatic carbocycles. The van der Waals surface area contributed by atoms with Gasteiger partial charge in [0.1, 0.15) is 5.82 Å². The average Bonchev–Trinajstić information content (AvgIpc) is 3.25. The van der Waals surface area contributed by atoms with Gasteiger partial charge in [0, 0.05) is 53.3 Å². The normalized spacial score (nSPS) is 14.4. The zero-order chi connectivity index (χ0) is 17.1. The van der Waals surface area contributed by atoms with Gasteiger partial charge in [-0.2, -0.15) is 0 Å². The van der Waals surface area contributed by atoms with Crippen molar-refractivity contribution < 1.29 is 4.79 Å². The van der Waals surface area contributed by atoms with Crippen LogP contribution in [0.15, 0.2) is 41.9 Å². The molecule has 0 saturated carbocycles. The Morgan fingerprint density at radius 2 is 2.16 bits per heavy atom. The van der Waals surface area contributed by atoms with Crippen LogP contribution in [0.25, 0.3) is 21.5 Å². The highest BCUT2D eigenvalue weighted by Gasteiger charge is 2.18. The number of benzene rings is 1. The number of carbonyl (C=O) groups is 1. The molecule has 5 nitrogen and oxygen atoms in total. The monoisotopic (exact) mass is 352 g/mol. The molecule has 1 aromatic carbocycles. The van der Waals surface area contributed by atoms with Crippen molar-refractivity contribution in [1.29, 1.82) is 0 Å². The lowest BCUT2D eigenvalue weighted by atomic mass is 10.1. The summed E-state index contributed by atoms with van der Waals surface area (Å²) in [5.74, 6) is 1.86. The molecule has 1 N–H and O–H groups in total. The van der Waals surface area contributed by atoms with Crippen molar-refractivity contribution in [3.63, 3.8) is 0 Å². The van der Waals surface area contributed by atoms with Gasteiger partial charge in [-0.25, -0.2) is 9.97 Å². The Hall–Kier alpha value is -2.47. The average molecular weight is 352 g/mol. The van der Waals surface area contributed by atoms with Crippen LogP contribution in [0.1, 0.15) is 19.3 Å². The first-order valence-electron chi connectivity index (χ1n) is 8.62.